The number of benzene rings is 2. The monoisotopic (exact) mass is 406 g/mol. The van der Waals surface area contributed by atoms with E-state index in [0.717, 1.165) is 34.6 Å². The van der Waals surface area contributed by atoms with Crippen molar-refractivity contribution in [3.63, 3.8) is 0 Å². The molecule has 0 fully saturated rings. The van der Waals surface area contributed by atoms with Crippen LogP contribution in [0.15, 0.2) is 42.6 Å². The second-order valence-corrected chi connectivity index (χ2v) is 8.41. The summed E-state index contributed by atoms with van der Waals surface area (Å²) >= 11 is 0. The average molecular weight is 407 g/mol. The van der Waals surface area contributed by atoms with Gasteiger partial charge in [0.1, 0.15) is 0 Å². The standard InChI is InChI=1S/C25H30N2O3/c1-5-17-7-6-8-19-21(13-26-25(17)19)20(12-24(28)27-16(4)15(2)3)18-9-10-22-23(11-18)30-14-29-22/h6-11,13,15-16,20,26H,5,12,14H2,1-4H3,(H,27,28)/t16-,20+/m1/s1. The molecule has 0 bridgehead atoms. The van der Waals surface area contributed by atoms with E-state index in [2.05, 4.69) is 62.4 Å². The number of amides is 1. The third-order valence-electron chi connectivity index (χ3n) is 6.17. The summed E-state index contributed by atoms with van der Waals surface area (Å²) in [5, 5.41) is 4.33. The van der Waals surface area contributed by atoms with Crippen molar-refractivity contribution < 1.29 is 14.3 Å². The molecule has 2 N–H and O–H groups in total. The highest BCUT2D eigenvalue weighted by Crippen LogP contribution is 2.39. The Kier molecular flexibility index (Phi) is 5.71. The summed E-state index contributed by atoms with van der Waals surface area (Å²) in [7, 11) is 0. The number of aryl methyl sites for hydroxylation is 1. The summed E-state index contributed by atoms with van der Waals surface area (Å²) in [6.45, 7) is 8.68. The van der Waals surface area contributed by atoms with Gasteiger partial charge < -0.3 is 19.8 Å². The zero-order valence-corrected chi connectivity index (χ0v) is 18.1. The lowest BCUT2D eigenvalue weighted by atomic mass is 9.87. The van der Waals surface area contributed by atoms with Crippen molar-refractivity contribution in [3.05, 3.63) is 59.3 Å². The predicted molar refractivity (Wildman–Crippen MR) is 119 cm³/mol. The fourth-order valence-electron chi connectivity index (χ4n) is 4.02. The molecule has 30 heavy (non-hydrogen) atoms. The Balaban J connectivity index is 1.73. The van der Waals surface area contributed by atoms with Crippen molar-refractivity contribution in [2.45, 2.75) is 52.5 Å². The Bertz CT molecular complexity index is 1050. The van der Waals surface area contributed by atoms with E-state index in [4.69, 9.17) is 9.47 Å². The number of carbonyl (C=O) groups is 1. The van der Waals surface area contributed by atoms with E-state index < -0.39 is 0 Å². The van der Waals surface area contributed by atoms with E-state index in [-0.39, 0.29) is 24.7 Å². The van der Waals surface area contributed by atoms with Crippen LogP contribution in [0.4, 0.5) is 0 Å². The van der Waals surface area contributed by atoms with Gasteiger partial charge in [-0.05, 0) is 48.1 Å². The van der Waals surface area contributed by atoms with Crippen molar-refractivity contribution in [2.24, 2.45) is 5.92 Å². The van der Waals surface area contributed by atoms with Gasteiger partial charge in [0.05, 0.1) is 0 Å². The van der Waals surface area contributed by atoms with Crippen LogP contribution in [0.25, 0.3) is 10.9 Å². The van der Waals surface area contributed by atoms with Gasteiger partial charge in [-0.3, -0.25) is 4.79 Å². The number of aromatic amines is 1. The van der Waals surface area contributed by atoms with Gasteiger partial charge in [0.25, 0.3) is 0 Å². The van der Waals surface area contributed by atoms with Crippen LogP contribution in [0, 0.1) is 5.92 Å². The zero-order chi connectivity index (χ0) is 21.3. The maximum absolute atomic E-state index is 13.0. The van der Waals surface area contributed by atoms with Gasteiger partial charge in [0, 0.05) is 35.5 Å². The summed E-state index contributed by atoms with van der Waals surface area (Å²) in [6.07, 6.45) is 3.39. The fourth-order valence-corrected chi connectivity index (χ4v) is 4.02. The maximum Gasteiger partial charge on any atom is 0.231 e. The number of ether oxygens (including phenoxy) is 2. The highest BCUT2D eigenvalue weighted by atomic mass is 16.7. The van der Waals surface area contributed by atoms with Crippen LogP contribution < -0.4 is 14.8 Å². The van der Waals surface area contributed by atoms with Crippen LogP contribution in [0.5, 0.6) is 11.5 Å². The highest BCUT2D eigenvalue weighted by molar-refractivity contribution is 5.88. The molecule has 1 aliphatic rings. The average Bonchev–Trinajstić information content (AvgIpc) is 3.38. The van der Waals surface area contributed by atoms with E-state index in [1.165, 1.54) is 10.9 Å². The quantitative estimate of drug-likeness (QED) is 0.571. The molecule has 2 atom stereocenters. The SMILES string of the molecule is CCc1cccc2c([C@@H](CC(=O)N[C@H](C)C(C)C)c3ccc4c(c3)OCO4)c[nH]c12. The van der Waals surface area contributed by atoms with Gasteiger partial charge in [-0.2, -0.15) is 0 Å². The summed E-state index contributed by atoms with van der Waals surface area (Å²) in [6, 6.07) is 12.5. The zero-order valence-electron chi connectivity index (χ0n) is 18.1. The molecular weight excluding hydrogens is 376 g/mol. The molecule has 158 valence electrons. The number of hydrogen-bond acceptors (Lipinski definition) is 3. The first-order valence-corrected chi connectivity index (χ1v) is 10.8. The molecular formula is C25H30N2O3. The lowest BCUT2D eigenvalue weighted by molar-refractivity contribution is -0.122. The molecule has 5 heteroatoms. The van der Waals surface area contributed by atoms with Gasteiger partial charge in [0.15, 0.2) is 11.5 Å². The second-order valence-electron chi connectivity index (χ2n) is 8.41. The topological polar surface area (TPSA) is 63.4 Å². The van der Waals surface area contributed by atoms with Crippen LogP contribution >= 0.6 is 0 Å². The smallest absolute Gasteiger partial charge is 0.231 e. The Labute approximate surface area is 177 Å². The van der Waals surface area contributed by atoms with E-state index in [1.54, 1.807) is 0 Å². The number of hydrogen-bond donors (Lipinski definition) is 2. The number of nitrogens with one attached hydrogen (secondary N) is 2. The number of rotatable bonds is 7. The third kappa shape index (κ3) is 3.89. The molecule has 1 aliphatic heterocycles. The molecule has 1 amide bonds. The Morgan fingerprint density at radius 1 is 1.13 bits per heavy atom. The summed E-state index contributed by atoms with van der Waals surface area (Å²) in [5.74, 6) is 1.85. The van der Waals surface area contributed by atoms with Crippen molar-refractivity contribution in [1.29, 1.82) is 0 Å². The fraction of sp³-hybridized carbons (Fsp3) is 0.400. The molecule has 2 aromatic carbocycles. The van der Waals surface area contributed by atoms with Gasteiger partial charge in [-0.15, -0.1) is 0 Å². The largest absolute Gasteiger partial charge is 0.454 e. The number of fused-ring (bicyclic) bond motifs is 2. The van der Waals surface area contributed by atoms with Crippen molar-refractivity contribution in [3.8, 4) is 11.5 Å². The van der Waals surface area contributed by atoms with E-state index >= 15 is 0 Å². The molecule has 2 heterocycles. The number of para-hydroxylation sites is 1. The van der Waals surface area contributed by atoms with Crippen LogP contribution in [-0.4, -0.2) is 23.7 Å². The van der Waals surface area contributed by atoms with Crippen molar-refractivity contribution >= 4 is 16.8 Å². The maximum atomic E-state index is 13.0. The number of carbonyl (C=O) groups excluding carboxylic acids is 1. The molecule has 0 radical (unpaired) electrons. The lowest BCUT2D eigenvalue weighted by Crippen LogP contribution is -2.36. The number of aromatic nitrogens is 1. The molecule has 0 unspecified atom stereocenters. The summed E-state index contributed by atoms with van der Waals surface area (Å²) < 4.78 is 11.1. The summed E-state index contributed by atoms with van der Waals surface area (Å²) in [5.41, 5.74) is 4.61. The minimum Gasteiger partial charge on any atom is -0.454 e. The normalized spacial score (nSPS) is 14.8. The van der Waals surface area contributed by atoms with Crippen molar-refractivity contribution in [1.82, 2.24) is 10.3 Å². The first kappa shape index (κ1) is 20.3. The molecule has 0 aliphatic carbocycles. The molecule has 0 saturated heterocycles. The predicted octanol–water partition coefficient (Wildman–Crippen LogP) is 5.14. The molecule has 4 rings (SSSR count). The van der Waals surface area contributed by atoms with E-state index in [9.17, 15) is 4.79 Å². The van der Waals surface area contributed by atoms with Gasteiger partial charge in [-0.25, -0.2) is 0 Å². The highest BCUT2D eigenvalue weighted by Gasteiger charge is 2.25. The van der Waals surface area contributed by atoms with Gasteiger partial charge in [-0.1, -0.05) is 45.0 Å². The van der Waals surface area contributed by atoms with E-state index in [0.29, 0.717) is 12.3 Å². The van der Waals surface area contributed by atoms with Crippen LogP contribution in [-0.2, 0) is 11.2 Å². The Hall–Kier alpha value is -2.95. The first-order chi connectivity index (χ1) is 14.5. The summed E-state index contributed by atoms with van der Waals surface area (Å²) in [4.78, 5) is 16.4. The van der Waals surface area contributed by atoms with E-state index in [1.807, 2.05) is 18.2 Å². The van der Waals surface area contributed by atoms with Crippen LogP contribution in [0.1, 0.15) is 56.7 Å². The molecule has 0 saturated carbocycles. The van der Waals surface area contributed by atoms with Gasteiger partial charge >= 0.3 is 0 Å². The molecule has 3 aromatic rings. The minimum atomic E-state index is -0.0836. The second kappa shape index (κ2) is 8.42. The lowest BCUT2D eigenvalue weighted by Gasteiger charge is -2.21. The van der Waals surface area contributed by atoms with Crippen molar-refractivity contribution in [2.75, 3.05) is 6.79 Å². The Morgan fingerprint density at radius 3 is 2.70 bits per heavy atom. The third-order valence-corrected chi connectivity index (χ3v) is 6.17. The number of H-pyrrole nitrogens is 1. The molecule has 5 nitrogen and oxygen atoms in total. The van der Waals surface area contributed by atoms with Crippen LogP contribution in [0.2, 0.25) is 0 Å². The molecule has 0 spiro atoms. The van der Waals surface area contributed by atoms with Crippen LogP contribution in [0.3, 0.4) is 0 Å². The Morgan fingerprint density at radius 2 is 1.93 bits per heavy atom. The van der Waals surface area contributed by atoms with Gasteiger partial charge in [0.2, 0.25) is 12.7 Å². The first-order valence-electron chi connectivity index (χ1n) is 10.8. The molecule has 1 aromatic heterocycles. The minimum absolute atomic E-state index is 0.0554.